The van der Waals surface area contributed by atoms with Crippen molar-refractivity contribution in [1.29, 1.82) is 0 Å². The van der Waals surface area contributed by atoms with Gasteiger partial charge < -0.3 is 4.90 Å². The van der Waals surface area contributed by atoms with E-state index in [0.717, 1.165) is 9.05 Å². The van der Waals surface area contributed by atoms with E-state index in [0.29, 0.717) is 6.04 Å². The van der Waals surface area contributed by atoms with Gasteiger partial charge in [-0.15, -0.1) is 10.2 Å². The number of halogens is 1. The summed E-state index contributed by atoms with van der Waals surface area (Å²) in [6, 6.07) is 0.516. The van der Waals surface area contributed by atoms with Crippen LogP contribution in [-0.4, -0.2) is 35.3 Å². The number of thioether (sulfide) groups is 1. The fourth-order valence-electron chi connectivity index (χ4n) is 1.01. The van der Waals surface area contributed by atoms with E-state index < -0.39 is 0 Å². The normalized spacial score (nSPS) is 12.9. The van der Waals surface area contributed by atoms with Crippen LogP contribution in [0.4, 0.5) is 5.13 Å². The van der Waals surface area contributed by atoms with Crippen LogP contribution in [0.1, 0.15) is 13.3 Å². The molecule has 0 spiro atoms. The van der Waals surface area contributed by atoms with Gasteiger partial charge in [-0.1, -0.05) is 11.3 Å². The molecule has 0 fully saturated rings. The second-order valence-corrected chi connectivity index (χ2v) is 6.30. The van der Waals surface area contributed by atoms with Crippen molar-refractivity contribution in [3.05, 3.63) is 3.92 Å². The summed E-state index contributed by atoms with van der Waals surface area (Å²) < 4.78 is 0.844. The van der Waals surface area contributed by atoms with E-state index >= 15 is 0 Å². The van der Waals surface area contributed by atoms with E-state index in [1.54, 1.807) is 11.3 Å². The van der Waals surface area contributed by atoms with Crippen molar-refractivity contribution in [3.8, 4) is 0 Å². The Morgan fingerprint density at radius 2 is 2.29 bits per heavy atom. The highest BCUT2D eigenvalue weighted by atomic mass is 79.9. The molecule has 1 rings (SSSR count). The summed E-state index contributed by atoms with van der Waals surface area (Å²) in [5.74, 6) is 1.19. The first-order valence-corrected chi connectivity index (χ1v) is 7.36. The van der Waals surface area contributed by atoms with E-state index in [9.17, 15) is 0 Å². The average molecular weight is 296 g/mol. The molecule has 0 N–H and O–H groups in total. The third-order valence-corrected chi connectivity index (χ3v) is 4.18. The van der Waals surface area contributed by atoms with Gasteiger partial charge in [-0.2, -0.15) is 11.8 Å². The smallest absolute Gasteiger partial charge is 0.209 e. The molecule has 0 aromatic carbocycles. The summed E-state index contributed by atoms with van der Waals surface area (Å²) in [7, 11) is 2.07. The van der Waals surface area contributed by atoms with Gasteiger partial charge in [-0.3, -0.25) is 0 Å². The van der Waals surface area contributed by atoms with Gasteiger partial charge >= 0.3 is 0 Å². The topological polar surface area (TPSA) is 29.0 Å². The van der Waals surface area contributed by atoms with Crippen molar-refractivity contribution < 1.29 is 0 Å². The van der Waals surface area contributed by atoms with Crippen LogP contribution >= 0.6 is 39.0 Å². The average Bonchev–Trinajstić information content (AvgIpc) is 2.60. The molecule has 14 heavy (non-hydrogen) atoms. The minimum Gasteiger partial charge on any atom is -0.347 e. The molecule has 3 nitrogen and oxygen atoms in total. The molecule has 1 aromatic heterocycles. The van der Waals surface area contributed by atoms with Crippen LogP contribution in [0.3, 0.4) is 0 Å². The summed E-state index contributed by atoms with van der Waals surface area (Å²) in [6.45, 7) is 2.21. The lowest BCUT2D eigenvalue weighted by Gasteiger charge is -2.23. The molecule has 0 saturated heterocycles. The summed E-state index contributed by atoms with van der Waals surface area (Å²) in [5.41, 5.74) is 0. The van der Waals surface area contributed by atoms with Crippen molar-refractivity contribution in [1.82, 2.24) is 10.2 Å². The zero-order valence-electron chi connectivity index (χ0n) is 8.53. The number of aromatic nitrogens is 2. The highest BCUT2D eigenvalue weighted by molar-refractivity contribution is 9.11. The van der Waals surface area contributed by atoms with E-state index in [-0.39, 0.29) is 0 Å². The highest BCUT2D eigenvalue weighted by Crippen LogP contribution is 2.25. The number of anilines is 1. The van der Waals surface area contributed by atoms with Gasteiger partial charge in [0.2, 0.25) is 5.13 Å². The van der Waals surface area contributed by atoms with Crippen LogP contribution in [-0.2, 0) is 0 Å². The van der Waals surface area contributed by atoms with Crippen LogP contribution < -0.4 is 4.90 Å². The largest absolute Gasteiger partial charge is 0.347 e. The summed E-state index contributed by atoms with van der Waals surface area (Å²) in [5, 5.41) is 9.00. The lowest BCUT2D eigenvalue weighted by molar-refractivity contribution is 0.664. The monoisotopic (exact) mass is 295 g/mol. The minimum absolute atomic E-state index is 0.516. The molecule has 0 aliphatic rings. The number of rotatable bonds is 5. The molecule has 0 radical (unpaired) electrons. The van der Waals surface area contributed by atoms with Crippen LogP contribution in [0.2, 0.25) is 0 Å². The molecule has 1 aromatic rings. The Hall–Kier alpha value is 0.190. The van der Waals surface area contributed by atoms with E-state index in [1.807, 2.05) is 11.8 Å². The number of hydrogen-bond donors (Lipinski definition) is 0. The van der Waals surface area contributed by atoms with Gasteiger partial charge in [-0.25, -0.2) is 0 Å². The van der Waals surface area contributed by atoms with Crippen molar-refractivity contribution in [2.45, 2.75) is 19.4 Å². The Morgan fingerprint density at radius 3 is 2.79 bits per heavy atom. The van der Waals surface area contributed by atoms with Crippen molar-refractivity contribution in [2.75, 3.05) is 24.0 Å². The van der Waals surface area contributed by atoms with Crippen molar-refractivity contribution in [3.63, 3.8) is 0 Å². The molecule has 80 valence electrons. The molecule has 0 bridgehead atoms. The van der Waals surface area contributed by atoms with E-state index in [1.165, 1.54) is 12.2 Å². The molecule has 0 aliphatic heterocycles. The SMILES string of the molecule is CSCCC(C)N(C)c1nnc(Br)s1. The molecule has 0 aliphatic carbocycles. The number of hydrogen-bond acceptors (Lipinski definition) is 5. The maximum Gasteiger partial charge on any atom is 0.209 e. The predicted octanol–water partition coefficient (Wildman–Crippen LogP) is 2.88. The molecular weight excluding hydrogens is 282 g/mol. The van der Waals surface area contributed by atoms with Gasteiger partial charge in [0, 0.05) is 13.1 Å². The zero-order valence-corrected chi connectivity index (χ0v) is 11.7. The first kappa shape index (κ1) is 12.3. The van der Waals surface area contributed by atoms with Crippen LogP contribution in [0.5, 0.6) is 0 Å². The van der Waals surface area contributed by atoms with Crippen LogP contribution in [0.15, 0.2) is 3.92 Å². The first-order valence-electron chi connectivity index (χ1n) is 4.36. The second kappa shape index (κ2) is 5.92. The fraction of sp³-hybridized carbons (Fsp3) is 0.750. The summed E-state index contributed by atoms with van der Waals surface area (Å²) in [4.78, 5) is 2.18. The fourth-order valence-corrected chi connectivity index (χ4v) is 2.74. The molecule has 1 unspecified atom stereocenters. The first-order chi connectivity index (χ1) is 6.65. The predicted molar refractivity (Wildman–Crippen MR) is 68.5 cm³/mol. The van der Waals surface area contributed by atoms with Gasteiger partial charge in [0.1, 0.15) is 0 Å². The Labute approximate surface area is 101 Å². The second-order valence-electron chi connectivity index (χ2n) is 3.08. The highest BCUT2D eigenvalue weighted by Gasteiger charge is 2.13. The third kappa shape index (κ3) is 3.40. The lowest BCUT2D eigenvalue weighted by atomic mass is 10.2. The van der Waals surface area contributed by atoms with E-state index in [2.05, 4.69) is 51.3 Å². The van der Waals surface area contributed by atoms with Gasteiger partial charge in [0.05, 0.1) is 0 Å². The standard InChI is InChI=1S/C8H14BrN3S2/c1-6(4-5-13-3)12(2)8-11-10-7(9)14-8/h6H,4-5H2,1-3H3. The Balaban J connectivity index is 2.51. The Bertz CT molecular complexity index is 279. The molecule has 0 amide bonds. The van der Waals surface area contributed by atoms with Crippen molar-refractivity contribution >= 4 is 44.2 Å². The summed E-state index contributed by atoms with van der Waals surface area (Å²) in [6.07, 6.45) is 3.31. The quantitative estimate of drug-likeness (QED) is 0.835. The zero-order chi connectivity index (χ0) is 10.6. The molecule has 1 atom stereocenters. The lowest BCUT2D eigenvalue weighted by Crippen LogP contribution is -2.29. The summed E-state index contributed by atoms with van der Waals surface area (Å²) >= 11 is 6.77. The van der Waals surface area contributed by atoms with Gasteiger partial charge in [0.25, 0.3) is 0 Å². The van der Waals surface area contributed by atoms with E-state index in [4.69, 9.17) is 0 Å². The molecule has 6 heteroatoms. The third-order valence-electron chi connectivity index (χ3n) is 2.09. The van der Waals surface area contributed by atoms with Crippen molar-refractivity contribution in [2.24, 2.45) is 0 Å². The van der Waals surface area contributed by atoms with Crippen LogP contribution in [0, 0.1) is 0 Å². The molecule has 0 saturated carbocycles. The molecule has 1 heterocycles. The number of nitrogens with zero attached hydrogens (tertiary/aromatic N) is 3. The maximum atomic E-state index is 4.09. The Morgan fingerprint density at radius 1 is 1.57 bits per heavy atom. The van der Waals surface area contributed by atoms with Gasteiger partial charge in [0.15, 0.2) is 3.92 Å². The maximum absolute atomic E-state index is 4.09. The van der Waals surface area contributed by atoms with Gasteiger partial charge in [-0.05, 0) is 41.3 Å². The minimum atomic E-state index is 0.516. The van der Waals surface area contributed by atoms with Crippen LogP contribution in [0.25, 0.3) is 0 Å². The Kier molecular flexibility index (Phi) is 5.19. The molecular formula is C8H14BrN3S2.